The van der Waals surface area contributed by atoms with E-state index in [1.165, 1.54) is 42.5 Å². The van der Waals surface area contributed by atoms with Gasteiger partial charge in [-0.3, -0.25) is 10.1 Å². The molecule has 156 valence electrons. The van der Waals surface area contributed by atoms with Gasteiger partial charge in [0.1, 0.15) is 12.2 Å². The van der Waals surface area contributed by atoms with Gasteiger partial charge in [-0.1, -0.05) is 45.9 Å². The molecular formula is C26H32N4. The van der Waals surface area contributed by atoms with Gasteiger partial charge in [-0.05, 0) is 77.3 Å². The molecule has 2 aromatic heterocycles. The van der Waals surface area contributed by atoms with Crippen molar-refractivity contribution in [1.82, 2.24) is 20.2 Å². The van der Waals surface area contributed by atoms with E-state index < -0.39 is 0 Å². The summed E-state index contributed by atoms with van der Waals surface area (Å²) in [7, 11) is 0. The van der Waals surface area contributed by atoms with Gasteiger partial charge in [0.15, 0.2) is 0 Å². The molecule has 2 aliphatic carbocycles. The highest BCUT2D eigenvalue weighted by molar-refractivity contribution is 5.53. The maximum atomic E-state index is 4.93. The SMILES string of the molecule is Cc1cc2c(cc1C1(c3ccc(Cc4ncn[nH]4)cn3)CC1)C(C)(C)CCC2(C)C. The predicted octanol–water partition coefficient (Wildman–Crippen LogP) is 5.53. The molecule has 1 aromatic carbocycles. The number of fused-ring (bicyclic) bond motifs is 1. The summed E-state index contributed by atoms with van der Waals surface area (Å²) in [5.74, 6) is 0.876. The molecule has 0 aliphatic heterocycles. The minimum atomic E-state index is 0.0849. The highest BCUT2D eigenvalue weighted by Crippen LogP contribution is 2.56. The van der Waals surface area contributed by atoms with Gasteiger partial charge in [0.2, 0.25) is 0 Å². The van der Waals surface area contributed by atoms with Crippen LogP contribution in [0.15, 0.2) is 36.8 Å². The average Bonchev–Trinajstić information content (AvgIpc) is 3.35. The van der Waals surface area contributed by atoms with Crippen LogP contribution >= 0.6 is 0 Å². The first-order valence-electron chi connectivity index (χ1n) is 11.2. The number of rotatable bonds is 4. The normalized spacial score (nSPS) is 20.6. The lowest BCUT2D eigenvalue weighted by Gasteiger charge is -2.43. The van der Waals surface area contributed by atoms with Gasteiger partial charge in [0.25, 0.3) is 0 Å². The van der Waals surface area contributed by atoms with E-state index in [-0.39, 0.29) is 16.2 Å². The molecule has 0 radical (unpaired) electrons. The number of pyridine rings is 1. The van der Waals surface area contributed by atoms with E-state index in [1.807, 2.05) is 6.20 Å². The summed E-state index contributed by atoms with van der Waals surface area (Å²) in [5.41, 5.74) is 8.95. The van der Waals surface area contributed by atoms with Crippen molar-refractivity contribution in [1.29, 1.82) is 0 Å². The first-order valence-corrected chi connectivity index (χ1v) is 11.2. The van der Waals surface area contributed by atoms with Crippen molar-refractivity contribution in [3.63, 3.8) is 0 Å². The van der Waals surface area contributed by atoms with Crippen LogP contribution in [-0.4, -0.2) is 20.2 Å². The number of aryl methyl sites for hydroxylation is 1. The number of nitrogens with zero attached hydrogens (tertiary/aromatic N) is 3. The first kappa shape index (κ1) is 19.5. The summed E-state index contributed by atoms with van der Waals surface area (Å²) in [6, 6.07) is 9.46. The van der Waals surface area contributed by atoms with Crippen molar-refractivity contribution in [2.45, 2.75) is 83.0 Å². The van der Waals surface area contributed by atoms with E-state index >= 15 is 0 Å². The minimum Gasteiger partial charge on any atom is -0.263 e. The maximum absolute atomic E-state index is 4.93. The molecule has 3 aromatic rings. The van der Waals surface area contributed by atoms with Crippen LogP contribution in [0.5, 0.6) is 0 Å². The van der Waals surface area contributed by atoms with Crippen LogP contribution in [0.3, 0.4) is 0 Å². The molecule has 30 heavy (non-hydrogen) atoms. The second kappa shape index (κ2) is 6.50. The Balaban J connectivity index is 1.52. The first-order chi connectivity index (χ1) is 14.2. The average molecular weight is 401 g/mol. The van der Waals surface area contributed by atoms with Crippen molar-refractivity contribution in [2.24, 2.45) is 0 Å². The highest BCUT2D eigenvalue weighted by Gasteiger charge is 2.49. The Morgan fingerprint density at radius 2 is 1.57 bits per heavy atom. The summed E-state index contributed by atoms with van der Waals surface area (Å²) in [5, 5.41) is 6.87. The lowest BCUT2D eigenvalue weighted by atomic mass is 9.62. The van der Waals surface area contributed by atoms with Crippen LogP contribution in [0.4, 0.5) is 0 Å². The molecule has 5 rings (SSSR count). The van der Waals surface area contributed by atoms with Gasteiger partial charge in [0.05, 0.1) is 5.69 Å². The molecule has 0 unspecified atom stereocenters. The Hall–Kier alpha value is -2.49. The summed E-state index contributed by atoms with van der Waals surface area (Å²) in [4.78, 5) is 9.15. The minimum absolute atomic E-state index is 0.0849. The van der Waals surface area contributed by atoms with Gasteiger partial charge in [-0.2, -0.15) is 5.10 Å². The molecule has 1 saturated carbocycles. The predicted molar refractivity (Wildman–Crippen MR) is 120 cm³/mol. The molecule has 1 fully saturated rings. The van der Waals surface area contributed by atoms with E-state index in [4.69, 9.17) is 4.98 Å². The molecule has 4 nitrogen and oxygen atoms in total. The quantitative estimate of drug-likeness (QED) is 0.627. The van der Waals surface area contributed by atoms with Crippen LogP contribution in [0.2, 0.25) is 0 Å². The van der Waals surface area contributed by atoms with Crippen molar-refractivity contribution in [3.8, 4) is 0 Å². The van der Waals surface area contributed by atoms with E-state index in [2.05, 4.69) is 74.1 Å². The molecular weight excluding hydrogens is 368 g/mol. The summed E-state index contributed by atoms with van der Waals surface area (Å²) in [6.07, 6.45) is 9.18. The Kier molecular flexibility index (Phi) is 4.22. The second-order valence-electron chi connectivity index (χ2n) is 10.7. The molecule has 0 saturated heterocycles. The number of aromatic amines is 1. The Bertz CT molecular complexity index is 1070. The van der Waals surface area contributed by atoms with Gasteiger partial charge in [0, 0.05) is 18.0 Å². The van der Waals surface area contributed by atoms with E-state index in [0.717, 1.165) is 17.8 Å². The lowest BCUT2D eigenvalue weighted by molar-refractivity contribution is 0.331. The summed E-state index contributed by atoms with van der Waals surface area (Å²) >= 11 is 0. The van der Waals surface area contributed by atoms with Crippen LogP contribution in [0.25, 0.3) is 0 Å². The van der Waals surface area contributed by atoms with Crippen molar-refractivity contribution in [3.05, 3.63) is 76.1 Å². The standard InChI is InChI=1S/C26H32N4/c1-17-12-20-21(25(4,5)9-8-24(20,2)3)14-19(17)26(10-11-26)22-7-6-18(15-27-22)13-23-28-16-29-30-23/h6-7,12,14-16H,8-11,13H2,1-5H3,(H,28,29,30). The fourth-order valence-corrected chi connectivity index (χ4v) is 5.35. The fourth-order valence-electron chi connectivity index (χ4n) is 5.35. The summed E-state index contributed by atoms with van der Waals surface area (Å²) in [6.45, 7) is 11.9. The van der Waals surface area contributed by atoms with Crippen molar-refractivity contribution in [2.75, 3.05) is 0 Å². The van der Waals surface area contributed by atoms with Gasteiger partial charge in [-0.25, -0.2) is 4.98 Å². The number of benzene rings is 1. The topological polar surface area (TPSA) is 54.5 Å². The number of nitrogens with one attached hydrogen (secondary N) is 1. The summed E-state index contributed by atoms with van der Waals surface area (Å²) < 4.78 is 0. The van der Waals surface area contributed by atoms with Gasteiger partial charge in [-0.15, -0.1) is 0 Å². The second-order valence-corrected chi connectivity index (χ2v) is 10.7. The number of hydrogen-bond acceptors (Lipinski definition) is 3. The zero-order valence-electron chi connectivity index (χ0n) is 18.8. The van der Waals surface area contributed by atoms with Gasteiger partial charge >= 0.3 is 0 Å². The van der Waals surface area contributed by atoms with Crippen LogP contribution in [0.1, 0.15) is 92.7 Å². The molecule has 1 N–H and O–H groups in total. The number of H-pyrrole nitrogens is 1. The number of aromatic nitrogens is 4. The zero-order chi connectivity index (χ0) is 21.1. The fraction of sp³-hybridized carbons (Fsp3) is 0.500. The zero-order valence-corrected chi connectivity index (χ0v) is 18.8. The smallest absolute Gasteiger partial charge is 0.137 e. The monoisotopic (exact) mass is 400 g/mol. The molecule has 2 aliphatic rings. The third kappa shape index (κ3) is 3.08. The molecule has 0 spiro atoms. The third-order valence-electron chi connectivity index (χ3n) is 7.61. The largest absolute Gasteiger partial charge is 0.263 e. The van der Waals surface area contributed by atoms with E-state index in [9.17, 15) is 0 Å². The third-order valence-corrected chi connectivity index (χ3v) is 7.61. The van der Waals surface area contributed by atoms with E-state index in [1.54, 1.807) is 17.5 Å². The molecule has 0 bridgehead atoms. The number of hydrogen-bond donors (Lipinski definition) is 1. The van der Waals surface area contributed by atoms with Crippen LogP contribution in [0, 0.1) is 6.92 Å². The molecule has 2 heterocycles. The van der Waals surface area contributed by atoms with E-state index in [0.29, 0.717) is 0 Å². The molecule has 0 amide bonds. The van der Waals surface area contributed by atoms with Crippen molar-refractivity contribution >= 4 is 0 Å². The molecule has 0 atom stereocenters. The highest BCUT2D eigenvalue weighted by atomic mass is 15.2. The van der Waals surface area contributed by atoms with Gasteiger partial charge < -0.3 is 0 Å². The van der Waals surface area contributed by atoms with Crippen LogP contribution in [-0.2, 0) is 22.7 Å². The maximum Gasteiger partial charge on any atom is 0.137 e. The Morgan fingerprint density at radius 1 is 0.867 bits per heavy atom. The lowest BCUT2D eigenvalue weighted by Crippen LogP contribution is -2.34. The van der Waals surface area contributed by atoms with Crippen LogP contribution < -0.4 is 0 Å². The Labute approximate surface area is 179 Å². The molecule has 4 heteroatoms. The Morgan fingerprint density at radius 3 is 2.13 bits per heavy atom. The van der Waals surface area contributed by atoms with Crippen molar-refractivity contribution < 1.29 is 0 Å².